The van der Waals surface area contributed by atoms with Gasteiger partial charge in [-0.3, -0.25) is 0 Å². The van der Waals surface area contributed by atoms with Crippen LogP contribution in [0.2, 0.25) is 0 Å². The van der Waals surface area contributed by atoms with E-state index in [0.717, 1.165) is 11.3 Å². The predicted molar refractivity (Wildman–Crippen MR) is 73.7 cm³/mol. The zero-order chi connectivity index (χ0) is 13.2. The molecule has 94 valence electrons. The average Bonchev–Trinajstić information content (AvgIpc) is 2.82. The summed E-state index contributed by atoms with van der Waals surface area (Å²) < 4.78 is 1.61. The Hall–Kier alpha value is -2.69. The summed E-state index contributed by atoms with van der Waals surface area (Å²) in [5, 5.41) is 4.49. The average molecular weight is 251 g/mol. The summed E-state index contributed by atoms with van der Waals surface area (Å²) >= 11 is 0. The third-order valence-corrected chi connectivity index (χ3v) is 2.83. The molecule has 5 nitrogen and oxygen atoms in total. The fourth-order valence-corrected chi connectivity index (χ4v) is 1.93. The van der Waals surface area contributed by atoms with Gasteiger partial charge in [0.05, 0.1) is 5.69 Å². The summed E-state index contributed by atoms with van der Waals surface area (Å²) in [4.78, 5) is 8.03. The molecule has 1 aromatic carbocycles. The van der Waals surface area contributed by atoms with Gasteiger partial charge in [0.25, 0.3) is 0 Å². The highest BCUT2D eigenvalue weighted by molar-refractivity contribution is 5.63. The van der Waals surface area contributed by atoms with Gasteiger partial charge in [-0.2, -0.15) is 9.78 Å². The Morgan fingerprint density at radius 3 is 2.79 bits per heavy atom. The summed E-state index contributed by atoms with van der Waals surface area (Å²) in [6.45, 7) is 2.05. The fraction of sp³-hybridized carbons (Fsp3) is 0.0714. The minimum atomic E-state index is 0.551. The van der Waals surface area contributed by atoms with E-state index in [1.807, 2.05) is 31.2 Å². The summed E-state index contributed by atoms with van der Waals surface area (Å²) in [6.07, 6.45) is 3.14. The Morgan fingerprint density at radius 2 is 2.05 bits per heavy atom. The molecule has 2 heterocycles. The van der Waals surface area contributed by atoms with Crippen LogP contribution in [0.15, 0.2) is 48.9 Å². The highest BCUT2D eigenvalue weighted by Gasteiger charge is 2.09. The Labute approximate surface area is 110 Å². The van der Waals surface area contributed by atoms with Crippen LogP contribution < -0.4 is 5.73 Å². The molecule has 0 atom stereocenters. The molecule has 0 unspecified atom stereocenters. The normalized spacial score (nSPS) is 10.6. The van der Waals surface area contributed by atoms with Crippen molar-refractivity contribution in [1.82, 2.24) is 19.7 Å². The molecule has 3 rings (SSSR count). The number of nitrogen functional groups attached to an aromatic ring is 1. The second kappa shape index (κ2) is 4.53. The number of hydrogen-bond donors (Lipinski definition) is 1. The largest absolute Gasteiger partial charge is 0.384 e. The first-order valence-electron chi connectivity index (χ1n) is 5.93. The van der Waals surface area contributed by atoms with Crippen LogP contribution in [-0.4, -0.2) is 19.7 Å². The Morgan fingerprint density at radius 1 is 1.16 bits per heavy atom. The lowest BCUT2D eigenvalue weighted by molar-refractivity contribution is 0.852. The van der Waals surface area contributed by atoms with Crippen molar-refractivity contribution >= 4 is 5.82 Å². The lowest BCUT2D eigenvalue weighted by atomic mass is 10.1. The molecule has 0 amide bonds. The zero-order valence-electron chi connectivity index (χ0n) is 10.5. The molecule has 0 fully saturated rings. The van der Waals surface area contributed by atoms with Gasteiger partial charge in [0.15, 0.2) is 5.82 Å². The van der Waals surface area contributed by atoms with Crippen LogP contribution in [0.5, 0.6) is 0 Å². The van der Waals surface area contributed by atoms with E-state index >= 15 is 0 Å². The number of aromatic nitrogens is 4. The van der Waals surface area contributed by atoms with E-state index in [2.05, 4.69) is 21.1 Å². The maximum absolute atomic E-state index is 5.99. The first kappa shape index (κ1) is 11.4. The van der Waals surface area contributed by atoms with Crippen molar-refractivity contribution in [3.05, 3.63) is 54.5 Å². The highest BCUT2D eigenvalue weighted by Crippen LogP contribution is 2.22. The number of aryl methyl sites for hydroxylation is 1. The Balaban J connectivity index is 2.07. The van der Waals surface area contributed by atoms with Gasteiger partial charge in [-0.15, -0.1) is 0 Å². The monoisotopic (exact) mass is 251 g/mol. The standard InChI is InChI=1S/C14H13N5/c1-10-3-2-4-11(7-10)12-8-13(15)19(18-12)14-5-6-16-9-17-14/h2-9H,15H2,1H3. The van der Waals surface area contributed by atoms with Gasteiger partial charge >= 0.3 is 0 Å². The molecule has 2 aromatic heterocycles. The van der Waals surface area contributed by atoms with Gasteiger partial charge < -0.3 is 5.73 Å². The van der Waals surface area contributed by atoms with E-state index in [9.17, 15) is 0 Å². The second-order valence-corrected chi connectivity index (χ2v) is 4.30. The minimum absolute atomic E-state index is 0.551. The van der Waals surface area contributed by atoms with Gasteiger partial charge in [-0.1, -0.05) is 23.8 Å². The molecule has 0 bridgehead atoms. The van der Waals surface area contributed by atoms with E-state index in [1.54, 1.807) is 16.9 Å². The number of nitrogens with two attached hydrogens (primary N) is 1. The molecule has 19 heavy (non-hydrogen) atoms. The predicted octanol–water partition coefficient (Wildman–Crippen LogP) is 2.22. The zero-order valence-corrected chi connectivity index (χ0v) is 10.5. The molecule has 5 heteroatoms. The molecule has 0 aliphatic rings. The minimum Gasteiger partial charge on any atom is -0.384 e. The number of anilines is 1. The van der Waals surface area contributed by atoms with Crippen molar-refractivity contribution in [3.8, 4) is 17.1 Å². The summed E-state index contributed by atoms with van der Waals surface area (Å²) in [6, 6.07) is 11.8. The molecule has 0 saturated heterocycles. The Kier molecular flexibility index (Phi) is 2.72. The van der Waals surface area contributed by atoms with Crippen molar-refractivity contribution in [3.63, 3.8) is 0 Å². The van der Waals surface area contributed by atoms with E-state index in [1.165, 1.54) is 11.9 Å². The Bertz CT molecular complexity index is 703. The molecule has 0 aliphatic heterocycles. The fourth-order valence-electron chi connectivity index (χ4n) is 1.93. The summed E-state index contributed by atoms with van der Waals surface area (Å²) in [7, 11) is 0. The first-order valence-corrected chi connectivity index (χ1v) is 5.93. The smallest absolute Gasteiger partial charge is 0.159 e. The van der Waals surface area contributed by atoms with E-state index in [4.69, 9.17) is 5.73 Å². The molecule has 3 aromatic rings. The van der Waals surface area contributed by atoms with Crippen LogP contribution in [0.4, 0.5) is 5.82 Å². The van der Waals surface area contributed by atoms with Crippen molar-refractivity contribution in [2.24, 2.45) is 0 Å². The van der Waals surface area contributed by atoms with Gasteiger partial charge in [0, 0.05) is 23.9 Å². The number of benzene rings is 1. The van der Waals surface area contributed by atoms with Crippen molar-refractivity contribution < 1.29 is 0 Å². The van der Waals surface area contributed by atoms with Gasteiger partial charge in [0.1, 0.15) is 12.1 Å². The SMILES string of the molecule is Cc1cccc(-c2cc(N)n(-c3ccncn3)n2)c1. The number of rotatable bonds is 2. The lowest BCUT2D eigenvalue weighted by Crippen LogP contribution is -2.03. The van der Waals surface area contributed by atoms with E-state index in [0.29, 0.717) is 11.6 Å². The third-order valence-electron chi connectivity index (χ3n) is 2.83. The van der Waals surface area contributed by atoms with Gasteiger partial charge in [-0.05, 0) is 13.0 Å². The molecular weight excluding hydrogens is 238 g/mol. The van der Waals surface area contributed by atoms with Gasteiger partial charge in [-0.25, -0.2) is 9.97 Å². The molecule has 2 N–H and O–H groups in total. The quantitative estimate of drug-likeness (QED) is 0.758. The number of hydrogen-bond acceptors (Lipinski definition) is 4. The van der Waals surface area contributed by atoms with Crippen LogP contribution >= 0.6 is 0 Å². The molecule has 0 saturated carbocycles. The summed E-state index contributed by atoms with van der Waals surface area (Å²) in [5.74, 6) is 1.21. The number of nitrogens with zero attached hydrogens (tertiary/aromatic N) is 4. The second-order valence-electron chi connectivity index (χ2n) is 4.30. The van der Waals surface area contributed by atoms with Crippen LogP contribution in [0.1, 0.15) is 5.56 Å². The maximum Gasteiger partial charge on any atom is 0.159 e. The van der Waals surface area contributed by atoms with Crippen molar-refractivity contribution in [2.45, 2.75) is 6.92 Å². The van der Waals surface area contributed by atoms with Crippen molar-refractivity contribution in [1.29, 1.82) is 0 Å². The molecular formula is C14H13N5. The molecule has 0 radical (unpaired) electrons. The maximum atomic E-state index is 5.99. The van der Waals surface area contributed by atoms with E-state index < -0.39 is 0 Å². The van der Waals surface area contributed by atoms with Crippen LogP contribution in [-0.2, 0) is 0 Å². The molecule has 0 spiro atoms. The van der Waals surface area contributed by atoms with Crippen LogP contribution in [0.25, 0.3) is 17.1 Å². The van der Waals surface area contributed by atoms with Crippen LogP contribution in [0.3, 0.4) is 0 Å². The molecule has 0 aliphatic carbocycles. The van der Waals surface area contributed by atoms with Crippen molar-refractivity contribution in [2.75, 3.05) is 5.73 Å². The highest BCUT2D eigenvalue weighted by atomic mass is 15.3. The third kappa shape index (κ3) is 2.18. The lowest BCUT2D eigenvalue weighted by Gasteiger charge is -2.01. The van der Waals surface area contributed by atoms with Gasteiger partial charge in [0.2, 0.25) is 0 Å². The van der Waals surface area contributed by atoms with Crippen LogP contribution in [0, 0.1) is 6.92 Å². The summed E-state index contributed by atoms with van der Waals surface area (Å²) in [5.41, 5.74) is 9.05. The topological polar surface area (TPSA) is 69.6 Å². The first-order chi connectivity index (χ1) is 9.24. The van der Waals surface area contributed by atoms with E-state index in [-0.39, 0.29) is 0 Å².